The molecule has 6 heteroatoms. The first-order chi connectivity index (χ1) is 13.2. The average molecular weight is 359 g/mol. The fourth-order valence-corrected chi connectivity index (χ4v) is 8.21. The summed E-state index contributed by atoms with van der Waals surface area (Å²) >= 11 is 0. The maximum absolute atomic E-state index is 13.4. The summed E-state index contributed by atoms with van der Waals surface area (Å²) < 4.78 is 10.5. The molecule has 5 aliphatic carbocycles. The number of aromatic nitrogens is 3. The number of ether oxygens (including phenoxy) is 1. The minimum absolute atomic E-state index is 0.0168. The van der Waals surface area contributed by atoms with Crippen molar-refractivity contribution in [1.29, 1.82) is 0 Å². The first kappa shape index (κ1) is 13.4. The van der Waals surface area contributed by atoms with Crippen LogP contribution in [0.5, 0.6) is 0 Å². The molecule has 9 rings (SSSR count). The number of rotatable bonds is 2. The number of para-hydroxylation sites is 1. The molecule has 7 aliphatic rings. The molecule has 4 saturated carbocycles. The Labute approximate surface area is 154 Å². The largest absolute Gasteiger partial charge is 0.497 e. The highest BCUT2D eigenvalue weighted by Crippen LogP contribution is 3.03. The molecule has 0 saturated heterocycles. The van der Waals surface area contributed by atoms with Crippen molar-refractivity contribution < 1.29 is 4.74 Å². The molecule has 2 aliphatic heterocycles. The zero-order valence-corrected chi connectivity index (χ0v) is 14.6. The molecule has 6 nitrogen and oxygen atoms in total. The van der Waals surface area contributed by atoms with Gasteiger partial charge in [-0.1, -0.05) is 24.3 Å². The van der Waals surface area contributed by atoms with Gasteiger partial charge in [0.05, 0.1) is 24.9 Å². The smallest absolute Gasteiger partial charge is 0.352 e. The highest BCUT2D eigenvalue weighted by atomic mass is 16.5. The van der Waals surface area contributed by atoms with Crippen LogP contribution in [0, 0.1) is 34.5 Å². The van der Waals surface area contributed by atoms with Crippen molar-refractivity contribution in [3.8, 4) is 5.69 Å². The van der Waals surface area contributed by atoms with Crippen molar-refractivity contribution >= 4 is 0 Å². The third-order valence-electron chi connectivity index (χ3n) is 8.67. The van der Waals surface area contributed by atoms with Crippen LogP contribution in [0.15, 0.2) is 63.9 Å². The number of hydrogen-bond donors (Lipinski definition) is 0. The van der Waals surface area contributed by atoms with Gasteiger partial charge < -0.3 is 4.74 Å². The molecule has 2 bridgehead atoms. The second-order valence-corrected chi connectivity index (χ2v) is 8.97. The van der Waals surface area contributed by atoms with E-state index in [9.17, 15) is 9.59 Å². The Morgan fingerprint density at radius 1 is 0.926 bits per heavy atom. The van der Waals surface area contributed by atoms with Crippen molar-refractivity contribution in [3.63, 3.8) is 0 Å². The summed E-state index contributed by atoms with van der Waals surface area (Å²) in [6.45, 7) is 0. The van der Waals surface area contributed by atoms with Gasteiger partial charge in [0, 0.05) is 10.8 Å². The highest BCUT2D eigenvalue weighted by Gasteiger charge is 3.02. The minimum Gasteiger partial charge on any atom is -0.497 e. The summed E-state index contributed by atoms with van der Waals surface area (Å²) in [7, 11) is 1.70. The predicted octanol–water partition coefficient (Wildman–Crippen LogP) is 1.49. The van der Waals surface area contributed by atoms with Gasteiger partial charge in [0.2, 0.25) is 0 Å². The Balaban J connectivity index is 1.46. The maximum Gasteiger partial charge on any atom is 0.352 e. The SMILES string of the molecule is COC1=C[C@@]23[C@H]4[C@H]5[C@H]6[C@H]5[C@H]2n2c(=O)n(-c5ccccc5)c(=O)n2[C@@H]6[C@@]43C=C1. The number of allylic oxidation sites excluding steroid dienone is 3. The molecule has 3 heterocycles. The quantitative estimate of drug-likeness (QED) is 0.816. The molecule has 0 unspecified atom stereocenters. The van der Waals surface area contributed by atoms with Crippen LogP contribution in [-0.2, 0) is 4.74 Å². The zero-order chi connectivity index (χ0) is 17.9. The molecular weight excluding hydrogens is 342 g/mol. The minimum atomic E-state index is -0.192. The Morgan fingerprint density at radius 3 is 2.26 bits per heavy atom. The highest BCUT2D eigenvalue weighted by molar-refractivity contribution is 5.58. The van der Waals surface area contributed by atoms with Crippen LogP contribution in [0.4, 0.5) is 0 Å². The van der Waals surface area contributed by atoms with E-state index in [2.05, 4.69) is 18.2 Å². The van der Waals surface area contributed by atoms with E-state index in [4.69, 9.17) is 4.74 Å². The van der Waals surface area contributed by atoms with E-state index in [0.717, 1.165) is 5.76 Å². The predicted molar refractivity (Wildman–Crippen MR) is 95.4 cm³/mol. The Hall–Kier alpha value is -2.76. The average Bonchev–Trinajstić information content (AvgIpc) is 3.46. The molecule has 8 atom stereocenters. The lowest BCUT2D eigenvalue weighted by molar-refractivity contribution is 0.0417. The lowest BCUT2D eigenvalue weighted by atomic mass is 9.69. The van der Waals surface area contributed by atoms with Crippen molar-refractivity contribution in [2.24, 2.45) is 34.5 Å². The van der Waals surface area contributed by atoms with E-state index in [1.54, 1.807) is 7.11 Å². The Bertz CT molecular complexity index is 1260. The summed E-state index contributed by atoms with van der Waals surface area (Å²) in [4.78, 5) is 26.8. The standard InChI is InChI=1S/C21H17N3O3/c1-27-11-7-8-20-15-12-13-14(12)17(21(15,20)9-11)24-19(26)22(10-5-3-2-4-6-10)18(25)23(24)16(13)20/h2-9,12-17H,1H3/t12-,13-,14-,15-,16-,17+,20+,21+/m0/s1. The van der Waals surface area contributed by atoms with E-state index >= 15 is 0 Å². The Kier molecular flexibility index (Phi) is 1.74. The molecule has 27 heavy (non-hydrogen) atoms. The lowest BCUT2D eigenvalue weighted by Gasteiger charge is -2.47. The number of hydrogen-bond acceptors (Lipinski definition) is 3. The molecule has 1 aromatic carbocycles. The second kappa shape index (κ2) is 3.51. The van der Waals surface area contributed by atoms with Crippen molar-refractivity contribution in [1.82, 2.24) is 13.9 Å². The van der Waals surface area contributed by atoms with Gasteiger partial charge in [-0.25, -0.2) is 23.5 Å². The molecule has 2 spiro atoms. The van der Waals surface area contributed by atoms with Gasteiger partial charge in [-0.2, -0.15) is 0 Å². The van der Waals surface area contributed by atoms with Crippen LogP contribution in [0.1, 0.15) is 12.1 Å². The summed E-state index contributed by atoms with van der Waals surface area (Å²) in [6, 6.07) is 9.48. The van der Waals surface area contributed by atoms with E-state index < -0.39 is 0 Å². The zero-order valence-electron chi connectivity index (χ0n) is 14.6. The molecule has 134 valence electrons. The molecule has 0 radical (unpaired) electrons. The van der Waals surface area contributed by atoms with Crippen molar-refractivity contribution in [2.75, 3.05) is 7.11 Å². The first-order valence-electron chi connectivity index (χ1n) is 9.66. The fourth-order valence-electron chi connectivity index (χ4n) is 8.21. The Morgan fingerprint density at radius 2 is 1.59 bits per heavy atom. The summed E-state index contributed by atoms with van der Waals surface area (Å²) in [6.07, 6.45) is 6.65. The van der Waals surface area contributed by atoms with Crippen LogP contribution in [0.25, 0.3) is 5.69 Å². The van der Waals surface area contributed by atoms with Gasteiger partial charge in [-0.05, 0) is 48.0 Å². The van der Waals surface area contributed by atoms with Gasteiger partial charge in [-0.3, -0.25) is 0 Å². The summed E-state index contributed by atoms with van der Waals surface area (Å²) in [5.41, 5.74) is 0.264. The lowest BCUT2D eigenvalue weighted by Crippen LogP contribution is -2.52. The van der Waals surface area contributed by atoms with Crippen LogP contribution in [0.2, 0.25) is 0 Å². The normalized spacial score (nSPS) is 47.4. The summed E-state index contributed by atoms with van der Waals surface area (Å²) in [5.74, 6) is 3.23. The maximum atomic E-state index is 13.4. The number of nitrogens with zero attached hydrogens (tertiary/aromatic N) is 3. The van der Waals surface area contributed by atoms with Crippen LogP contribution in [-0.4, -0.2) is 21.0 Å². The summed E-state index contributed by atoms with van der Waals surface area (Å²) in [5, 5.41) is 0. The molecule has 1 aromatic heterocycles. The van der Waals surface area contributed by atoms with Gasteiger partial charge in [-0.15, -0.1) is 0 Å². The van der Waals surface area contributed by atoms with Gasteiger partial charge >= 0.3 is 11.4 Å². The number of methoxy groups -OCH3 is 1. The second-order valence-electron chi connectivity index (χ2n) is 8.97. The molecular formula is C21H17N3O3. The van der Waals surface area contributed by atoms with Gasteiger partial charge in [0.25, 0.3) is 0 Å². The third-order valence-corrected chi connectivity index (χ3v) is 8.67. The monoisotopic (exact) mass is 359 g/mol. The van der Waals surface area contributed by atoms with Crippen LogP contribution < -0.4 is 11.4 Å². The molecule has 0 amide bonds. The molecule has 4 fully saturated rings. The molecule has 0 N–H and O–H groups in total. The van der Waals surface area contributed by atoms with Crippen LogP contribution >= 0.6 is 0 Å². The van der Waals surface area contributed by atoms with E-state index in [0.29, 0.717) is 29.4 Å². The van der Waals surface area contributed by atoms with Crippen LogP contribution in [0.3, 0.4) is 0 Å². The fraction of sp³-hybridized carbons (Fsp3) is 0.429. The van der Waals surface area contributed by atoms with Gasteiger partial charge in [0.15, 0.2) is 0 Å². The van der Waals surface area contributed by atoms with E-state index in [-0.39, 0.29) is 34.3 Å². The van der Waals surface area contributed by atoms with E-state index in [1.807, 2.05) is 39.7 Å². The number of benzene rings is 1. The third kappa shape index (κ3) is 0.984. The topological polar surface area (TPSA) is 58.2 Å². The van der Waals surface area contributed by atoms with Crippen molar-refractivity contribution in [3.05, 3.63) is 75.3 Å². The molecule has 2 aromatic rings. The van der Waals surface area contributed by atoms with E-state index in [1.165, 1.54) is 4.57 Å². The van der Waals surface area contributed by atoms with Gasteiger partial charge in [0.1, 0.15) is 5.76 Å². The van der Waals surface area contributed by atoms with Crippen molar-refractivity contribution in [2.45, 2.75) is 12.1 Å². The first-order valence-corrected chi connectivity index (χ1v) is 9.66.